The molecule has 0 saturated carbocycles. The van der Waals surface area contributed by atoms with Crippen molar-refractivity contribution in [3.05, 3.63) is 29.8 Å². The Hall–Kier alpha value is -1.26. The van der Waals surface area contributed by atoms with Gasteiger partial charge in [0.25, 0.3) is 5.91 Å². The lowest BCUT2D eigenvalue weighted by atomic mass is 10.2. The Kier molecular flexibility index (Phi) is 5.67. The van der Waals surface area contributed by atoms with E-state index < -0.39 is 0 Å². The van der Waals surface area contributed by atoms with Crippen LogP contribution in [0.4, 0.5) is 5.69 Å². The van der Waals surface area contributed by atoms with Crippen molar-refractivity contribution in [2.24, 2.45) is 5.84 Å². The molecular formula is C9H14ClN3O. The van der Waals surface area contributed by atoms with E-state index in [1.807, 2.05) is 31.2 Å². The van der Waals surface area contributed by atoms with Crippen LogP contribution in [0.25, 0.3) is 0 Å². The van der Waals surface area contributed by atoms with Gasteiger partial charge >= 0.3 is 0 Å². The molecule has 4 N–H and O–H groups in total. The van der Waals surface area contributed by atoms with E-state index in [9.17, 15) is 4.79 Å². The summed E-state index contributed by atoms with van der Waals surface area (Å²) >= 11 is 0. The first-order chi connectivity index (χ1) is 6.24. The van der Waals surface area contributed by atoms with Crippen LogP contribution in [0.2, 0.25) is 0 Å². The topological polar surface area (TPSA) is 67.2 Å². The molecular weight excluding hydrogens is 202 g/mol. The quantitative estimate of drug-likeness (QED) is 0.397. The SMILES string of the molecule is Cc1ccccc1NCC(=O)NN.Cl. The van der Waals surface area contributed by atoms with Crippen molar-refractivity contribution < 1.29 is 4.79 Å². The molecule has 1 rings (SSSR count). The van der Waals surface area contributed by atoms with Gasteiger partial charge in [-0.3, -0.25) is 10.2 Å². The number of para-hydroxylation sites is 1. The van der Waals surface area contributed by atoms with E-state index in [1.165, 1.54) is 0 Å². The van der Waals surface area contributed by atoms with Gasteiger partial charge in [-0.05, 0) is 18.6 Å². The maximum Gasteiger partial charge on any atom is 0.253 e. The molecule has 0 aliphatic heterocycles. The van der Waals surface area contributed by atoms with Gasteiger partial charge < -0.3 is 5.32 Å². The zero-order valence-electron chi connectivity index (χ0n) is 7.91. The lowest BCUT2D eigenvalue weighted by molar-refractivity contribution is -0.119. The summed E-state index contributed by atoms with van der Waals surface area (Å²) < 4.78 is 0. The summed E-state index contributed by atoms with van der Waals surface area (Å²) in [6.45, 7) is 2.17. The van der Waals surface area contributed by atoms with Crippen molar-refractivity contribution in [3.8, 4) is 0 Å². The summed E-state index contributed by atoms with van der Waals surface area (Å²) in [6, 6.07) is 7.75. The minimum absolute atomic E-state index is 0. The average Bonchev–Trinajstić information content (AvgIpc) is 2.16. The third-order valence-electron chi connectivity index (χ3n) is 1.75. The number of carbonyl (C=O) groups excluding carboxylic acids is 1. The first-order valence-electron chi connectivity index (χ1n) is 4.03. The second-order valence-corrected chi connectivity index (χ2v) is 2.74. The molecule has 0 aliphatic rings. The molecule has 0 fully saturated rings. The summed E-state index contributed by atoms with van der Waals surface area (Å²) in [5.74, 6) is 4.70. The molecule has 0 atom stereocenters. The van der Waals surface area contributed by atoms with Crippen LogP contribution in [0.3, 0.4) is 0 Å². The van der Waals surface area contributed by atoms with Crippen molar-refractivity contribution in [2.75, 3.05) is 11.9 Å². The van der Waals surface area contributed by atoms with Gasteiger partial charge in [-0.1, -0.05) is 18.2 Å². The molecule has 1 aromatic carbocycles. The molecule has 78 valence electrons. The normalized spacial score (nSPS) is 8.71. The van der Waals surface area contributed by atoms with Gasteiger partial charge in [0.15, 0.2) is 0 Å². The molecule has 0 spiro atoms. The summed E-state index contributed by atoms with van der Waals surface area (Å²) in [7, 11) is 0. The molecule has 0 saturated heterocycles. The first kappa shape index (κ1) is 12.7. The average molecular weight is 216 g/mol. The highest BCUT2D eigenvalue weighted by atomic mass is 35.5. The van der Waals surface area contributed by atoms with Crippen LogP contribution in [-0.4, -0.2) is 12.5 Å². The summed E-state index contributed by atoms with van der Waals surface area (Å²) in [4.78, 5) is 10.8. The molecule has 0 bridgehead atoms. The van der Waals surface area contributed by atoms with Crippen LogP contribution in [0.15, 0.2) is 24.3 Å². The van der Waals surface area contributed by atoms with Crippen molar-refractivity contribution >= 4 is 24.0 Å². The standard InChI is InChI=1S/C9H13N3O.ClH/c1-7-4-2-3-5-8(7)11-6-9(13)12-10;/h2-5,11H,6,10H2,1H3,(H,12,13);1H. The minimum Gasteiger partial charge on any atom is -0.376 e. The van der Waals surface area contributed by atoms with Crippen molar-refractivity contribution in [2.45, 2.75) is 6.92 Å². The number of halogens is 1. The number of aryl methyl sites for hydroxylation is 1. The highest BCUT2D eigenvalue weighted by Crippen LogP contribution is 2.11. The molecule has 0 radical (unpaired) electrons. The fourth-order valence-corrected chi connectivity index (χ4v) is 0.998. The fourth-order valence-electron chi connectivity index (χ4n) is 0.998. The van der Waals surface area contributed by atoms with E-state index >= 15 is 0 Å². The van der Waals surface area contributed by atoms with Crippen LogP contribution in [-0.2, 0) is 4.79 Å². The van der Waals surface area contributed by atoms with E-state index in [2.05, 4.69) is 10.7 Å². The fraction of sp³-hybridized carbons (Fsp3) is 0.222. The van der Waals surface area contributed by atoms with Crippen molar-refractivity contribution in [3.63, 3.8) is 0 Å². The Morgan fingerprint density at radius 1 is 1.43 bits per heavy atom. The van der Waals surface area contributed by atoms with E-state index in [1.54, 1.807) is 0 Å². The largest absolute Gasteiger partial charge is 0.376 e. The highest BCUT2D eigenvalue weighted by molar-refractivity contribution is 5.85. The molecule has 0 heterocycles. The van der Waals surface area contributed by atoms with Gasteiger partial charge in [-0.2, -0.15) is 0 Å². The summed E-state index contributed by atoms with van der Waals surface area (Å²) in [5, 5.41) is 2.97. The molecule has 5 heteroatoms. The molecule has 0 aromatic heterocycles. The van der Waals surface area contributed by atoms with E-state index in [-0.39, 0.29) is 24.9 Å². The molecule has 0 unspecified atom stereocenters. The number of nitrogens with two attached hydrogens (primary N) is 1. The number of benzene rings is 1. The van der Waals surface area contributed by atoms with Crippen LogP contribution in [0, 0.1) is 6.92 Å². The number of nitrogens with one attached hydrogen (secondary N) is 2. The summed E-state index contributed by atoms with van der Waals surface area (Å²) in [6.07, 6.45) is 0. The van der Waals surface area contributed by atoms with E-state index in [4.69, 9.17) is 5.84 Å². The number of hydrazine groups is 1. The molecule has 0 aliphatic carbocycles. The highest BCUT2D eigenvalue weighted by Gasteiger charge is 1.99. The smallest absolute Gasteiger partial charge is 0.253 e. The molecule has 14 heavy (non-hydrogen) atoms. The molecule has 4 nitrogen and oxygen atoms in total. The third-order valence-corrected chi connectivity index (χ3v) is 1.75. The number of anilines is 1. The van der Waals surface area contributed by atoms with Gasteiger partial charge in [0.2, 0.25) is 0 Å². The second-order valence-electron chi connectivity index (χ2n) is 2.74. The Labute approximate surface area is 89.3 Å². The predicted molar refractivity (Wildman–Crippen MR) is 59.2 cm³/mol. The van der Waals surface area contributed by atoms with Gasteiger partial charge in [0.1, 0.15) is 0 Å². The lowest BCUT2D eigenvalue weighted by Crippen LogP contribution is -2.35. The Balaban J connectivity index is 0.00000169. The molecule has 1 aromatic rings. The number of amides is 1. The zero-order chi connectivity index (χ0) is 9.68. The van der Waals surface area contributed by atoms with Gasteiger partial charge in [0, 0.05) is 5.69 Å². The van der Waals surface area contributed by atoms with Crippen LogP contribution in [0.1, 0.15) is 5.56 Å². The predicted octanol–water partition coefficient (Wildman–Crippen LogP) is 0.819. The maximum absolute atomic E-state index is 10.8. The Morgan fingerprint density at radius 2 is 2.07 bits per heavy atom. The van der Waals surface area contributed by atoms with Crippen LogP contribution >= 0.6 is 12.4 Å². The molecule has 1 amide bonds. The Morgan fingerprint density at radius 3 is 2.64 bits per heavy atom. The maximum atomic E-state index is 10.8. The van der Waals surface area contributed by atoms with Crippen LogP contribution < -0.4 is 16.6 Å². The van der Waals surface area contributed by atoms with E-state index in [0.29, 0.717) is 0 Å². The number of rotatable bonds is 3. The van der Waals surface area contributed by atoms with Gasteiger partial charge in [0.05, 0.1) is 6.54 Å². The second kappa shape index (κ2) is 6.23. The minimum atomic E-state index is -0.233. The van der Waals surface area contributed by atoms with Crippen molar-refractivity contribution in [1.82, 2.24) is 5.43 Å². The monoisotopic (exact) mass is 215 g/mol. The van der Waals surface area contributed by atoms with Crippen molar-refractivity contribution in [1.29, 1.82) is 0 Å². The number of hydrogen-bond acceptors (Lipinski definition) is 3. The third kappa shape index (κ3) is 3.64. The first-order valence-corrected chi connectivity index (χ1v) is 4.03. The van der Waals surface area contributed by atoms with Gasteiger partial charge in [-0.25, -0.2) is 5.84 Å². The number of carbonyl (C=O) groups is 1. The van der Waals surface area contributed by atoms with Gasteiger partial charge in [-0.15, -0.1) is 12.4 Å². The summed E-state index contributed by atoms with van der Waals surface area (Å²) in [5.41, 5.74) is 4.11. The Bertz CT molecular complexity index is 304. The van der Waals surface area contributed by atoms with E-state index in [0.717, 1.165) is 11.3 Å². The lowest BCUT2D eigenvalue weighted by Gasteiger charge is -2.07. The van der Waals surface area contributed by atoms with Crippen LogP contribution in [0.5, 0.6) is 0 Å². The number of hydrogen-bond donors (Lipinski definition) is 3. The zero-order valence-corrected chi connectivity index (χ0v) is 8.73.